The number of aromatic nitrogens is 2. The van der Waals surface area contributed by atoms with Gasteiger partial charge >= 0.3 is 0 Å². The van der Waals surface area contributed by atoms with E-state index in [2.05, 4.69) is 9.97 Å². The highest BCUT2D eigenvalue weighted by molar-refractivity contribution is 6.33. The van der Waals surface area contributed by atoms with Gasteiger partial charge in [-0.2, -0.15) is 0 Å². The van der Waals surface area contributed by atoms with Crippen LogP contribution in [0.15, 0.2) is 36.8 Å². The first-order valence-corrected chi connectivity index (χ1v) is 5.94. The van der Waals surface area contributed by atoms with E-state index in [-0.39, 0.29) is 6.61 Å². The van der Waals surface area contributed by atoms with Gasteiger partial charge in [-0.3, -0.25) is 4.98 Å². The van der Waals surface area contributed by atoms with Gasteiger partial charge in [-0.1, -0.05) is 11.6 Å². The zero-order valence-electron chi connectivity index (χ0n) is 10.0. The number of hydrogen-bond acceptors (Lipinski definition) is 4. The van der Waals surface area contributed by atoms with Gasteiger partial charge in [0, 0.05) is 32.2 Å². The second-order valence-electron chi connectivity index (χ2n) is 4.02. The first kappa shape index (κ1) is 12.8. The van der Waals surface area contributed by atoms with Crippen LogP contribution in [0.3, 0.4) is 0 Å². The number of anilines is 1. The van der Waals surface area contributed by atoms with Gasteiger partial charge in [0.15, 0.2) is 0 Å². The van der Waals surface area contributed by atoms with Gasteiger partial charge in [-0.25, -0.2) is 4.98 Å². The maximum atomic E-state index is 9.01. The van der Waals surface area contributed by atoms with Crippen molar-refractivity contribution in [2.75, 3.05) is 11.9 Å². The topological polar surface area (TPSA) is 49.2 Å². The van der Waals surface area contributed by atoms with Crippen molar-refractivity contribution in [1.29, 1.82) is 0 Å². The Bertz CT molecular complexity index is 519. The van der Waals surface area contributed by atoms with Crippen molar-refractivity contribution < 1.29 is 5.11 Å². The molecule has 0 aliphatic heterocycles. The fourth-order valence-electron chi connectivity index (χ4n) is 1.67. The van der Waals surface area contributed by atoms with Crippen molar-refractivity contribution in [2.24, 2.45) is 0 Å². The summed E-state index contributed by atoms with van der Waals surface area (Å²) >= 11 is 6.14. The van der Waals surface area contributed by atoms with E-state index in [9.17, 15) is 0 Å². The van der Waals surface area contributed by atoms with Gasteiger partial charge in [0.1, 0.15) is 5.82 Å². The number of nitrogens with zero attached hydrogens (tertiary/aromatic N) is 3. The largest absolute Gasteiger partial charge is 0.392 e. The van der Waals surface area contributed by atoms with E-state index in [0.717, 1.165) is 5.56 Å². The first-order chi connectivity index (χ1) is 8.70. The molecule has 2 heterocycles. The van der Waals surface area contributed by atoms with Crippen molar-refractivity contribution in [3.63, 3.8) is 0 Å². The Hall–Kier alpha value is -1.65. The van der Waals surface area contributed by atoms with Crippen LogP contribution in [0.1, 0.15) is 11.1 Å². The van der Waals surface area contributed by atoms with Crippen LogP contribution >= 0.6 is 11.6 Å². The Labute approximate surface area is 111 Å². The third-order valence-corrected chi connectivity index (χ3v) is 2.87. The number of halogens is 1. The molecule has 18 heavy (non-hydrogen) atoms. The number of aliphatic hydroxyl groups is 1. The normalized spacial score (nSPS) is 10.4. The number of pyridine rings is 2. The van der Waals surface area contributed by atoms with Crippen LogP contribution in [0, 0.1) is 0 Å². The van der Waals surface area contributed by atoms with Gasteiger partial charge in [-0.15, -0.1) is 0 Å². The summed E-state index contributed by atoms with van der Waals surface area (Å²) in [5.41, 5.74) is 1.85. The molecule has 1 N–H and O–H groups in total. The lowest BCUT2D eigenvalue weighted by Crippen LogP contribution is -2.18. The molecule has 0 unspecified atom stereocenters. The molecule has 2 aromatic heterocycles. The highest BCUT2D eigenvalue weighted by Gasteiger charge is 2.09. The van der Waals surface area contributed by atoms with Crippen LogP contribution < -0.4 is 4.90 Å². The maximum absolute atomic E-state index is 9.01. The van der Waals surface area contributed by atoms with Crippen molar-refractivity contribution in [1.82, 2.24) is 9.97 Å². The van der Waals surface area contributed by atoms with Gasteiger partial charge in [0.25, 0.3) is 0 Å². The third-order valence-electron chi connectivity index (χ3n) is 2.59. The standard InChI is InChI=1S/C13H14ClN3O/c1-17(8-10-2-4-15-5-3-10)13-12(14)6-11(9-18)7-16-13/h2-7,18H,8-9H2,1H3. The van der Waals surface area contributed by atoms with E-state index in [1.807, 2.05) is 24.1 Å². The Kier molecular flexibility index (Phi) is 4.12. The smallest absolute Gasteiger partial charge is 0.147 e. The molecule has 0 aromatic carbocycles. The Balaban J connectivity index is 2.16. The van der Waals surface area contributed by atoms with E-state index in [1.165, 1.54) is 0 Å². The predicted molar refractivity (Wildman–Crippen MR) is 71.5 cm³/mol. The van der Waals surface area contributed by atoms with Crippen molar-refractivity contribution in [3.05, 3.63) is 52.9 Å². The van der Waals surface area contributed by atoms with E-state index in [0.29, 0.717) is 22.9 Å². The van der Waals surface area contributed by atoms with E-state index in [4.69, 9.17) is 16.7 Å². The molecule has 0 bridgehead atoms. The fraction of sp³-hybridized carbons (Fsp3) is 0.231. The molecular formula is C13H14ClN3O. The highest BCUT2D eigenvalue weighted by Crippen LogP contribution is 2.24. The Morgan fingerprint density at radius 3 is 2.61 bits per heavy atom. The zero-order chi connectivity index (χ0) is 13.0. The molecule has 0 spiro atoms. The molecule has 2 aromatic rings. The molecule has 0 atom stereocenters. The molecule has 0 saturated heterocycles. The summed E-state index contributed by atoms with van der Waals surface area (Å²) in [6.07, 6.45) is 5.14. The second kappa shape index (κ2) is 5.80. The van der Waals surface area contributed by atoms with E-state index in [1.54, 1.807) is 24.7 Å². The second-order valence-corrected chi connectivity index (χ2v) is 4.43. The van der Waals surface area contributed by atoms with Crippen LogP contribution in [-0.2, 0) is 13.2 Å². The molecular weight excluding hydrogens is 250 g/mol. The molecule has 0 fully saturated rings. The van der Waals surface area contributed by atoms with E-state index < -0.39 is 0 Å². The van der Waals surface area contributed by atoms with Crippen LogP contribution in [0.25, 0.3) is 0 Å². The number of rotatable bonds is 4. The summed E-state index contributed by atoms with van der Waals surface area (Å²) in [5, 5.41) is 9.55. The van der Waals surface area contributed by atoms with Gasteiger partial charge in [0.05, 0.1) is 11.6 Å². The molecule has 94 valence electrons. The molecule has 0 saturated carbocycles. The fourth-order valence-corrected chi connectivity index (χ4v) is 2.01. The average Bonchev–Trinajstić information content (AvgIpc) is 2.39. The summed E-state index contributed by atoms with van der Waals surface area (Å²) in [6, 6.07) is 5.63. The first-order valence-electron chi connectivity index (χ1n) is 5.56. The zero-order valence-corrected chi connectivity index (χ0v) is 10.8. The summed E-state index contributed by atoms with van der Waals surface area (Å²) in [4.78, 5) is 10.2. The van der Waals surface area contributed by atoms with Crippen molar-refractivity contribution >= 4 is 17.4 Å². The molecule has 0 aliphatic rings. The molecule has 4 nitrogen and oxygen atoms in total. The summed E-state index contributed by atoms with van der Waals surface area (Å²) in [5.74, 6) is 0.700. The Morgan fingerprint density at radius 2 is 2.00 bits per heavy atom. The average molecular weight is 264 g/mol. The lowest BCUT2D eigenvalue weighted by molar-refractivity contribution is 0.281. The minimum absolute atomic E-state index is 0.0545. The molecule has 5 heteroatoms. The van der Waals surface area contributed by atoms with Gasteiger partial charge in [0.2, 0.25) is 0 Å². The third kappa shape index (κ3) is 2.97. The number of hydrogen-bond donors (Lipinski definition) is 1. The van der Waals surface area contributed by atoms with Crippen LogP contribution in [-0.4, -0.2) is 22.1 Å². The summed E-state index contributed by atoms with van der Waals surface area (Å²) in [6.45, 7) is 0.648. The summed E-state index contributed by atoms with van der Waals surface area (Å²) < 4.78 is 0. The molecule has 0 aliphatic carbocycles. The number of aliphatic hydroxyl groups excluding tert-OH is 1. The Morgan fingerprint density at radius 1 is 1.28 bits per heavy atom. The highest BCUT2D eigenvalue weighted by atomic mass is 35.5. The van der Waals surface area contributed by atoms with Gasteiger partial charge < -0.3 is 10.0 Å². The monoisotopic (exact) mass is 263 g/mol. The summed E-state index contributed by atoms with van der Waals surface area (Å²) in [7, 11) is 1.92. The minimum Gasteiger partial charge on any atom is -0.392 e. The molecule has 0 amide bonds. The molecule has 2 rings (SSSR count). The van der Waals surface area contributed by atoms with Crippen LogP contribution in [0.4, 0.5) is 5.82 Å². The molecule has 0 radical (unpaired) electrons. The lowest BCUT2D eigenvalue weighted by Gasteiger charge is -2.19. The van der Waals surface area contributed by atoms with Crippen LogP contribution in [0.5, 0.6) is 0 Å². The quantitative estimate of drug-likeness (QED) is 0.919. The lowest BCUT2D eigenvalue weighted by atomic mass is 10.2. The van der Waals surface area contributed by atoms with Crippen molar-refractivity contribution in [2.45, 2.75) is 13.2 Å². The maximum Gasteiger partial charge on any atom is 0.147 e. The van der Waals surface area contributed by atoms with Crippen LogP contribution in [0.2, 0.25) is 5.02 Å². The SMILES string of the molecule is CN(Cc1ccncc1)c1ncc(CO)cc1Cl. The van der Waals surface area contributed by atoms with Gasteiger partial charge in [-0.05, 0) is 29.3 Å². The van der Waals surface area contributed by atoms with Crippen molar-refractivity contribution in [3.8, 4) is 0 Å². The predicted octanol–water partition coefficient (Wildman–Crippen LogP) is 2.26. The minimum atomic E-state index is -0.0545. The van der Waals surface area contributed by atoms with E-state index >= 15 is 0 Å².